The van der Waals surface area contributed by atoms with E-state index in [1.807, 2.05) is 4.90 Å². The van der Waals surface area contributed by atoms with Gasteiger partial charge < -0.3 is 24.6 Å². The van der Waals surface area contributed by atoms with Gasteiger partial charge in [-0.1, -0.05) is 18.4 Å². The van der Waals surface area contributed by atoms with Gasteiger partial charge in [0, 0.05) is 47.7 Å². The Bertz CT molecular complexity index is 2090. The maximum absolute atomic E-state index is 17.0. The van der Waals surface area contributed by atoms with Crippen molar-refractivity contribution in [2.45, 2.75) is 107 Å². The lowest BCUT2D eigenvalue weighted by Crippen LogP contribution is -2.57. The molecular formula is C41H45F2N5O4. The quantitative estimate of drug-likeness (QED) is 0.207. The molecule has 4 aliphatic heterocycles. The normalized spacial score (nSPS) is 30.5. The topological polar surface area (TPSA) is 104 Å². The number of aliphatic hydroxyl groups is 1. The standard InChI is InChI=1S/C41H45F2N5O4/c1-3-29-32(42)11-8-24-17-26(49)20-30(34(24)29)36-35(43)37-31(21-44-36)38(47-15-5-12-40(2,50)22-47)46-39(45-37)51-23-41-13-4-7-33(41)48(16-6-14-41)25-18-27-9-10-28(19-25)52-27/h1,8,11,17,20-21,25,27-28,33,49-50H,4-7,9-10,12-16,18-19,22-23H2,2H3. The van der Waals surface area contributed by atoms with E-state index in [4.69, 9.17) is 25.9 Å². The van der Waals surface area contributed by atoms with Crippen molar-refractivity contribution in [2.75, 3.05) is 31.1 Å². The lowest BCUT2D eigenvalue weighted by atomic mass is 9.74. The summed E-state index contributed by atoms with van der Waals surface area (Å²) in [6, 6.07) is 6.53. The molecule has 52 heavy (non-hydrogen) atoms. The Morgan fingerprint density at radius 2 is 1.83 bits per heavy atom. The molecule has 2 aromatic heterocycles. The number of benzene rings is 2. The summed E-state index contributed by atoms with van der Waals surface area (Å²) in [6.45, 7) is 4.23. The number of hydrogen-bond donors (Lipinski definition) is 2. The van der Waals surface area contributed by atoms with E-state index in [1.54, 1.807) is 6.92 Å². The summed E-state index contributed by atoms with van der Waals surface area (Å²) in [5.74, 6) is 1.31. The van der Waals surface area contributed by atoms with E-state index in [0.29, 0.717) is 67.0 Å². The van der Waals surface area contributed by atoms with Crippen LogP contribution in [0.25, 0.3) is 32.9 Å². The molecule has 1 saturated carbocycles. The molecule has 0 amide bonds. The third-order valence-electron chi connectivity index (χ3n) is 12.6. The Balaban J connectivity index is 1.11. The number of phenolic OH excluding ortho intramolecular Hbond substituents is 1. The lowest BCUT2D eigenvalue weighted by molar-refractivity contribution is -0.0798. The van der Waals surface area contributed by atoms with E-state index >= 15 is 4.39 Å². The molecule has 9 nitrogen and oxygen atoms in total. The maximum Gasteiger partial charge on any atom is 0.319 e. The summed E-state index contributed by atoms with van der Waals surface area (Å²) >= 11 is 0. The minimum atomic E-state index is -0.955. The molecule has 0 spiro atoms. The monoisotopic (exact) mass is 709 g/mol. The number of rotatable bonds is 6. The third kappa shape index (κ3) is 5.74. The molecule has 2 bridgehead atoms. The molecule has 4 aromatic rings. The fourth-order valence-electron chi connectivity index (χ4n) is 10.4. The Hall–Kier alpha value is -4.11. The van der Waals surface area contributed by atoms with Crippen LogP contribution in [0.3, 0.4) is 0 Å². The van der Waals surface area contributed by atoms with Crippen molar-refractivity contribution >= 4 is 27.5 Å². The molecule has 272 valence electrons. The predicted octanol–water partition coefficient (Wildman–Crippen LogP) is 6.88. The number of likely N-dealkylation sites (tertiary alicyclic amines) is 1. The molecule has 5 unspecified atom stereocenters. The molecule has 6 heterocycles. The molecule has 2 N–H and O–H groups in total. The van der Waals surface area contributed by atoms with Crippen LogP contribution in [0.1, 0.15) is 83.1 Å². The van der Waals surface area contributed by atoms with Crippen LogP contribution in [0.15, 0.2) is 30.5 Å². The minimum absolute atomic E-state index is 0.00575. The van der Waals surface area contributed by atoms with Crippen molar-refractivity contribution in [2.24, 2.45) is 5.41 Å². The van der Waals surface area contributed by atoms with E-state index in [2.05, 4.69) is 15.8 Å². The summed E-state index contributed by atoms with van der Waals surface area (Å²) in [5.41, 5.74) is -1.03. The molecule has 5 atom stereocenters. The number of anilines is 1. The number of ether oxygens (including phenoxy) is 2. The molecule has 4 saturated heterocycles. The highest BCUT2D eigenvalue weighted by atomic mass is 19.1. The number of nitrogens with zero attached hydrogens (tertiary/aromatic N) is 5. The highest BCUT2D eigenvalue weighted by Gasteiger charge is 2.51. The van der Waals surface area contributed by atoms with Gasteiger partial charge in [0.1, 0.15) is 28.6 Å². The van der Waals surface area contributed by atoms with Crippen LogP contribution in [0.2, 0.25) is 0 Å². The van der Waals surface area contributed by atoms with Crippen molar-refractivity contribution in [1.29, 1.82) is 0 Å². The van der Waals surface area contributed by atoms with Crippen molar-refractivity contribution in [1.82, 2.24) is 19.9 Å². The average molecular weight is 710 g/mol. The van der Waals surface area contributed by atoms with Gasteiger partial charge in [0.15, 0.2) is 5.82 Å². The summed E-state index contributed by atoms with van der Waals surface area (Å²) in [7, 11) is 0. The summed E-state index contributed by atoms with van der Waals surface area (Å²) in [6.07, 6.45) is 19.4. The molecule has 9 rings (SSSR count). The lowest BCUT2D eigenvalue weighted by Gasteiger charge is -2.50. The molecule has 0 radical (unpaired) electrons. The first-order valence-electron chi connectivity index (χ1n) is 18.9. The SMILES string of the molecule is C#Cc1c(F)ccc2cc(O)cc(-c3ncc4c(N5CCCC(C)(O)C5)nc(OCC56CCCC5N(C5CC7CCC(C5)O7)CCC6)nc4c3F)c12. The number of phenols is 1. The number of β-amino-alcohol motifs (C(OH)–C–C–N with tert-alkyl or cyclic N) is 1. The number of aromatic nitrogens is 3. The Labute approximate surface area is 302 Å². The summed E-state index contributed by atoms with van der Waals surface area (Å²) in [5, 5.41) is 22.8. The van der Waals surface area contributed by atoms with Gasteiger partial charge in [-0.25, -0.2) is 8.78 Å². The van der Waals surface area contributed by atoms with Crippen LogP contribution in [-0.2, 0) is 4.74 Å². The number of fused-ring (bicyclic) bond motifs is 5. The summed E-state index contributed by atoms with van der Waals surface area (Å²) < 4.78 is 44.8. The smallest absolute Gasteiger partial charge is 0.319 e. The largest absolute Gasteiger partial charge is 0.508 e. The molecule has 2 aromatic carbocycles. The number of terminal acetylenes is 1. The molecule has 5 aliphatic rings. The Kier molecular flexibility index (Phi) is 8.29. The van der Waals surface area contributed by atoms with Gasteiger partial charge in [0.05, 0.1) is 35.4 Å². The highest BCUT2D eigenvalue weighted by Crippen LogP contribution is 2.50. The van der Waals surface area contributed by atoms with Crippen LogP contribution in [0.5, 0.6) is 11.8 Å². The predicted molar refractivity (Wildman–Crippen MR) is 194 cm³/mol. The average Bonchev–Trinajstić information content (AvgIpc) is 3.72. The van der Waals surface area contributed by atoms with Crippen LogP contribution in [0.4, 0.5) is 14.6 Å². The number of halogens is 2. The zero-order chi connectivity index (χ0) is 35.8. The molecular weight excluding hydrogens is 664 g/mol. The third-order valence-corrected chi connectivity index (χ3v) is 12.6. The fraction of sp³-hybridized carbons (Fsp3) is 0.537. The van der Waals surface area contributed by atoms with E-state index in [1.165, 1.54) is 43.3 Å². The van der Waals surface area contributed by atoms with Gasteiger partial charge in [-0.3, -0.25) is 9.88 Å². The zero-order valence-electron chi connectivity index (χ0n) is 29.6. The second-order valence-corrected chi connectivity index (χ2v) is 16.2. The molecule has 1 aliphatic carbocycles. The Morgan fingerprint density at radius 3 is 2.62 bits per heavy atom. The molecule has 11 heteroatoms. The second kappa shape index (κ2) is 12.8. The van der Waals surface area contributed by atoms with E-state index < -0.39 is 17.2 Å². The second-order valence-electron chi connectivity index (χ2n) is 16.2. The van der Waals surface area contributed by atoms with Gasteiger partial charge in [0.2, 0.25) is 0 Å². The van der Waals surface area contributed by atoms with Gasteiger partial charge in [-0.15, -0.1) is 6.42 Å². The zero-order valence-corrected chi connectivity index (χ0v) is 29.6. The van der Waals surface area contributed by atoms with E-state index in [9.17, 15) is 14.6 Å². The van der Waals surface area contributed by atoms with Crippen molar-refractivity contribution < 1.29 is 28.5 Å². The first-order chi connectivity index (χ1) is 25.1. The van der Waals surface area contributed by atoms with Crippen molar-refractivity contribution in [3.05, 3.63) is 47.7 Å². The maximum atomic E-state index is 17.0. The first-order valence-corrected chi connectivity index (χ1v) is 18.9. The molecule has 5 fully saturated rings. The van der Waals surface area contributed by atoms with E-state index in [0.717, 1.165) is 57.9 Å². The van der Waals surface area contributed by atoms with Gasteiger partial charge in [0.25, 0.3) is 0 Å². The number of aromatic hydroxyl groups is 1. The number of piperidine rings is 2. The van der Waals surface area contributed by atoms with Gasteiger partial charge >= 0.3 is 6.01 Å². The van der Waals surface area contributed by atoms with E-state index in [-0.39, 0.29) is 44.9 Å². The van der Waals surface area contributed by atoms with Crippen LogP contribution in [-0.4, -0.2) is 86.2 Å². The van der Waals surface area contributed by atoms with Gasteiger partial charge in [-0.2, -0.15) is 9.97 Å². The first kappa shape index (κ1) is 33.7. The van der Waals surface area contributed by atoms with Crippen molar-refractivity contribution in [3.8, 4) is 35.4 Å². The number of hydrogen-bond acceptors (Lipinski definition) is 9. The minimum Gasteiger partial charge on any atom is -0.508 e. The number of pyridine rings is 1. The van der Waals surface area contributed by atoms with Crippen molar-refractivity contribution in [3.63, 3.8) is 0 Å². The highest BCUT2D eigenvalue weighted by molar-refractivity contribution is 6.03. The van der Waals surface area contributed by atoms with Crippen LogP contribution in [0, 0.1) is 29.4 Å². The van der Waals surface area contributed by atoms with Crippen LogP contribution < -0.4 is 9.64 Å². The van der Waals surface area contributed by atoms with Gasteiger partial charge in [-0.05, 0) is 101 Å². The fourth-order valence-corrected chi connectivity index (χ4v) is 10.4. The van der Waals surface area contributed by atoms with Crippen LogP contribution >= 0.6 is 0 Å². The summed E-state index contributed by atoms with van der Waals surface area (Å²) in [4.78, 5) is 18.8. The Morgan fingerprint density at radius 1 is 1.04 bits per heavy atom.